The van der Waals surface area contributed by atoms with Crippen molar-refractivity contribution in [1.82, 2.24) is 15.1 Å². The summed E-state index contributed by atoms with van der Waals surface area (Å²) in [6, 6.07) is 1.08. The van der Waals surface area contributed by atoms with Crippen molar-refractivity contribution in [3.63, 3.8) is 0 Å². The van der Waals surface area contributed by atoms with E-state index in [2.05, 4.69) is 10.4 Å². The molecule has 0 bridgehead atoms. The second-order valence-corrected chi connectivity index (χ2v) is 2.99. The highest BCUT2D eigenvalue weighted by Gasteiger charge is 2.34. The third-order valence-electron chi connectivity index (χ3n) is 2.03. The summed E-state index contributed by atoms with van der Waals surface area (Å²) in [7, 11) is 0. The summed E-state index contributed by atoms with van der Waals surface area (Å²) in [6.45, 7) is 1.39. The Bertz CT molecular complexity index is 300. The van der Waals surface area contributed by atoms with Gasteiger partial charge in [-0.15, -0.1) is 0 Å². The van der Waals surface area contributed by atoms with Crippen LogP contribution in [0.25, 0.3) is 0 Å². The fraction of sp³-hybridized carbons (Fsp3) is 0.571. The molecule has 1 aliphatic heterocycles. The number of alkyl halides is 3. The molecule has 1 fully saturated rings. The summed E-state index contributed by atoms with van der Waals surface area (Å²) in [5.41, 5.74) is -0.820. The van der Waals surface area contributed by atoms with Gasteiger partial charge in [0.2, 0.25) is 0 Å². The highest BCUT2D eigenvalue weighted by Crippen LogP contribution is 2.28. The lowest BCUT2D eigenvalue weighted by atomic mass is 10.2. The van der Waals surface area contributed by atoms with Crippen molar-refractivity contribution in [2.45, 2.75) is 12.2 Å². The summed E-state index contributed by atoms with van der Waals surface area (Å²) in [5, 5.41) is 6.42. The SMILES string of the molecule is FC(F)(F)c1ccn(C2CNC2)n1. The largest absolute Gasteiger partial charge is 0.435 e. The second kappa shape index (κ2) is 2.73. The Hall–Kier alpha value is -1.04. The van der Waals surface area contributed by atoms with Crippen LogP contribution in [-0.4, -0.2) is 22.9 Å². The van der Waals surface area contributed by atoms with Gasteiger partial charge in [-0.3, -0.25) is 4.68 Å². The summed E-state index contributed by atoms with van der Waals surface area (Å²) in [5.74, 6) is 0. The monoisotopic (exact) mass is 191 g/mol. The summed E-state index contributed by atoms with van der Waals surface area (Å²) in [4.78, 5) is 0. The zero-order valence-electron chi connectivity index (χ0n) is 6.67. The lowest BCUT2D eigenvalue weighted by Crippen LogP contribution is -2.43. The molecule has 6 heteroatoms. The van der Waals surface area contributed by atoms with Crippen molar-refractivity contribution >= 4 is 0 Å². The topological polar surface area (TPSA) is 29.9 Å². The highest BCUT2D eigenvalue weighted by atomic mass is 19.4. The first-order chi connectivity index (χ1) is 6.07. The maximum absolute atomic E-state index is 12.1. The molecule has 0 amide bonds. The van der Waals surface area contributed by atoms with E-state index in [1.807, 2.05) is 0 Å². The molecule has 1 N–H and O–H groups in total. The number of hydrogen-bond donors (Lipinski definition) is 1. The predicted molar refractivity (Wildman–Crippen MR) is 39.1 cm³/mol. The number of rotatable bonds is 1. The third-order valence-corrected chi connectivity index (χ3v) is 2.03. The number of nitrogens with zero attached hydrogens (tertiary/aromatic N) is 2. The Kier molecular flexibility index (Phi) is 1.80. The molecule has 0 unspecified atom stereocenters. The third kappa shape index (κ3) is 1.53. The molecule has 1 saturated heterocycles. The molecule has 1 aromatic rings. The van der Waals surface area contributed by atoms with Gasteiger partial charge in [-0.1, -0.05) is 0 Å². The van der Waals surface area contributed by atoms with Gasteiger partial charge in [0.25, 0.3) is 0 Å². The van der Waals surface area contributed by atoms with E-state index in [9.17, 15) is 13.2 Å². The van der Waals surface area contributed by atoms with E-state index < -0.39 is 11.9 Å². The minimum Gasteiger partial charge on any atom is -0.312 e. The van der Waals surface area contributed by atoms with Gasteiger partial charge in [0, 0.05) is 19.3 Å². The normalized spacial score (nSPS) is 18.7. The number of halogens is 3. The summed E-state index contributed by atoms with van der Waals surface area (Å²) >= 11 is 0. The van der Waals surface area contributed by atoms with Gasteiger partial charge < -0.3 is 5.32 Å². The Morgan fingerprint density at radius 2 is 2.15 bits per heavy atom. The summed E-state index contributed by atoms with van der Waals surface area (Å²) in [6.07, 6.45) is -2.96. The first-order valence-corrected chi connectivity index (χ1v) is 3.90. The van der Waals surface area contributed by atoms with Crippen molar-refractivity contribution in [2.75, 3.05) is 13.1 Å². The number of aromatic nitrogens is 2. The van der Waals surface area contributed by atoms with E-state index in [-0.39, 0.29) is 6.04 Å². The molecular formula is C7H8F3N3. The van der Waals surface area contributed by atoms with Crippen LogP contribution in [-0.2, 0) is 6.18 Å². The first kappa shape index (κ1) is 8.55. The van der Waals surface area contributed by atoms with Crippen LogP contribution in [0.15, 0.2) is 12.3 Å². The Labute approximate surface area is 72.5 Å². The molecule has 2 heterocycles. The molecule has 1 aromatic heterocycles. The minimum absolute atomic E-state index is 0.0797. The standard InChI is InChI=1S/C7H8F3N3/c8-7(9,10)6-1-2-13(12-6)5-3-11-4-5/h1-2,5,11H,3-4H2. The van der Waals surface area contributed by atoms with Gasteiger partial charge in [0.15, 0.2) is 5.69 Å². The lowest BCUT2D eigenvalue weighted by molar-refractivity contribution is -0.141. The summed E-state index contributed by atoms with van der Waals surface area (Å²) < 4.78 is 37.6. The van der Waals surface area contributed by atoms with Gasteiger partial charge >= 0.3 is 6.18 Å². The van der Waals surface area contributed by atoms with Crippen LogP contribution in [0.2, 0.25) is 0 Å². The maximum Gasteiger partial charge on any atom is 0.435 e. The maximum atomic E-state index is 12.1. The molecule has 0 aliphatic carbocycles. The van der Waals surface area contributed by atoms with E-state index >= 15 is 0 Å². The van der Waals surface area contributed by atoms with Crippen molar-refractivity contribution in [2.24, 2.45) is 0 Å². The molecule has 0 atom stereocenters. The fourth-order valence-corrected chi connectivity index (χ4v) is 1.15. The molecule has 13 heavy (non-hydrogen) atoms. The molecule has 0 aromatic carbocycles. The Balaban J connectivity index is 2.17. The van der Waals surface area contributed by atoms with E-state index in [1.165, 1.54) is 10.9 Å². The molecule has 2 rings (SSSR count). The van der Waals surface area contributed by atoms with E-state index in [4.69, 9.17) is 0 Å². The highest BCUT2D eigenvalue weighted by molar-refractivity contribution is 5.04. The van der Waals surface area contributed by atoms with Crippen LogP contribution in [0.5, 0.6) is 0 Å². The molecule has 72 valence electrons. The Morgan fingerprint density at radius 1 is 1.46 bits per heavy atom. The minimum atomic E-state index is -4.33. The van der Waals surface area contributed by atoms with Gasteiger partial charge in [-0.05, 0) is 6.07 Å². The second-order valence-electron chi connectivity index (χ2n) is 2.99. The quantitative estimate of drug-likeness (QED) is 0.718. The lowest BCUT2D eigenvalue weighted by Gasteiger charge is -2.27. The van der Waals surface area contributed by atoms with Crippen LogP contribution < -0.4 is 5.32 Å². The number of hydrogen-bond acceptors (Lipinski definition) is 2. The average molecular weight is 191 g/mol. The molecule has 0 saturated carbocycles. The zero-order chi connectivity index (χ0) is 9.47. The smallest absolute Gasteiger partial charge is 0.312 e. The van der Waals surface area contributed by atoms with Crippen LogP contribution in [0.3, 0.4) is 0 Å². The first-order valence-electron chi connectivity index (χ1n) is 3.90. The fourth-order valence-electron chi connectivity index (χ4n) is 1.15. The van der Waals surface area contributed by atoms with Crippen LogP contribution in [0.1, 0.15) is 11.7 Å². The molecule has 1 aliphatic rings. The zero-order valence-corrected chi connectivity index (χ0v) is 6.67. The van der Waals surface area contributed by atoms with Gasteiger partial charge in [-0.2, -0.15) is 18.3 Å². The van der Waals surface area contributed by atoms with Crippen molar-refractivity contribution in [3.05, 3.63) is 18.0 Å². The predicted octanol–water partition coefficient (Wildman–Crippen LogP) is 1.05. The van der Waals surface area contributed by atoms with Crippen molar-refractivity contribution < 1.29 is 13.2 Å². The Morgan fingerprint density at radius 3 is 2.54 bits per heavy atom. The van der Waals surface area contributed by atoms with Crippen molar-refractivity contribution in [3.8, 4) is 0 Å². The van der Waals surface area contributed by atoms with E-state index in [1.54, 1.807) is 0 Å². The van der Waals surface area contributed by atoms with Crippen molar-refractivity contribution in [1.29, 1.82) is 0 Å². The number of nitrogens with one attached hydrogen (secondary N) is 1. The average Bonchev–Trinajstić information content (AvgIpc) is 2.29. The van der Waals surface area contributed by atoms with Crippen LogP contribution >= 0.6 is 0 Å². The van der Waals surface area contributed by atoms with Crippen LogP contribution in [0.4, 0.5) is 13.2 Å². The van der Waals surface area contributed by atoms with Gasteiger partial charge in [0.1, 0.15) is 0 Å². The van der Waals surface area contributed by atoms with E-state index in [0.717, 1.165) is 6.07 Å². The van der Waals surface area contributed by atoms with Crippen LogP contribution in [0, 0.1) is 0 Å². The molecule has 3 nitrogen and oxygen atoms in total. The van der Waals surface area contributed by atoms with Gasteiger partial charge in [0.05, 0.1) is 6.04 Å². The molecule has 0 spiro atoms. The van der Waals surface area contributed by atoms with E-state index in [0.29, 0.717) is 13.1 Å². The van der Waals surface area contributed by atoms with Gasteiger partial charge in [-0.25, -0.2) is 0 Å². The molecular weight excluding hydrogens is 183 g/mol. The molecule has 0 radical (unpaired) electrons.